The number of aliphatic hydroxyl groups excluding tert-OH is 1. The van der Waals surface area contributed by atoms with Gasteiger partial charge in [-0.2, -0.15) is 0 Å². The summed E-state index contributed by atoms with van der Waals surface area (Å²) in [5.74, 6) is -0.608. The zero-order valence-corrected chi connectivity index (χ0v) is 14.8. The summed E-state index contributed by atoms with van der Waals surface area (Å²) in [7, 11) is 0. The summed E-state index contributed by atoms with van der Waals surface area (Å²) in [6.07, 6.45) is 0.804. The van der Waals surface area contributed by atoms with Crippen LogP contribution in [0.3, 0.4) is 0 Å². The van der Waals surface area contributed by atoms with Gasteiger partial charge in [0, 0.05) is 30.8 Å². The first-order valence-corrected chi connectivity index (χ1v) is 8.70. The molecule has 136 valence electrons. The molecule has 0 saturated heterocycles. The highest BCUT2D eigenvalue weighted by Gasteiger charge is 2.25. The number of nitrogens with zero attached hydrogens (tertiary/aromatic N) is 2. The van der Waals surface area contributed by atoms with Crippen LogP contribution in [0.1, 0.15) is 32.7 Å². The van der Waals surface area contributed by atoms with Gasteiger partial charge < -0.3 is 20.6 Å². The first-order valence-electron chi connectivity index (χ1n) is 8.70. The Balaban J connectivity index is 1.97. The second-order valence-corrected chi connectivity index (χ2v) is 6.40. The number of hydrogen-bond donors (Lipinski definition) is 2. The number of aryl methyl sites for hydroxylation is 1. The van der Waals surface area contributed by atoms with E-state index < -0.39 is 5.91 Å². The molecule has 0 radical (unpaired) electrons. The molecule has 2 aromatic carbocycles. The highest BCUT2D eigenvalue weighted by molar-refractivity contribution is 6.08. The molecule has 0 fully saturated rings. The van der Waals surface area contributed by atoms with Crippen LogP contribution in [0.2, 0.25) is 0 Å². The maximum atomic E-state index is 13.2. The molecule has 0 aliphatic carbocycles. The number of para-hydroxylation sites is 2. The molecule has 6 heteroatoms. The van der Waals surface area contributed by atoms with E-state index in [2.05, 4.69) is 4.90 Å². The third-order valence-electron chi connectivity index (χ3n) is 4.68. The van der Waals surface area contributed by atoms with Crippen molar-refractivity contribution in [2.75, 3.05) is 36.0 Å². The predicted molar refractivity (Wildman–Crippen MR) is 102 cm³/mol. The summed E-state index contributed by atoms with van der Waals surface area (Å²) in [5, 5.41) is 9.33. The van der Waals surface area contributed by atoms with Gasteiger partial charge in [-0.25, -0.2) is 0 Å². The van der Waals surface area contributed by atoms with Gasteiger partial charge in [-0.3, -0.25) is 9.59 Å². The third-order valence-corrected chi connectivity index (χ3v) is 4.68. The Morgan fingerprint density at radius 1 is 1.12 bits per heavy atom. The van der Waals surface area contributed by atoms with Crippen LogP contribution in [0.4, 0.5) is 11.4 Å². The Morgan fingerprint density at radius 3 is 2.50 bits per heavy atom. The van der Waals surface area contributed by atoms with Gasteiger partial charge in [-0.1, -0.05) is 12.1 Å². The molecule has 26 heavy (non-hydrogen) atoms. The predicted octanol–water partition coefficient (Wildman–Crippen LogP) is 1.94. The van der Waals surface area contributed by atoms with Gasteiger partial charge >= 0.3 is 0 Å². The van der Waals surface area contributed by atoms with Crippen LogP contribution in [0, 0.1) is 6.92 Å². The first kappa shape index (κ1) is 17.9. The SMILES string of the molecule is Cc1cc(C(=O)N2CCCN(CCO)c3ccccc32)ccc1C(N)=O. The zero-order chi connectivity index (χ0) is 18.7. The lowest BCUT2D eigenvalue weighted by Gasteiger charge is -2.26. The number of benzene rings is 2. The van der Waals surface area contributed by atoms with Crippen molar-refractivity contribution in [3.8, 4) is 0 Å². The number of nitrogens with two attached hydrogens (primary N) is 1. The molecule has 0 spiro atoms. The lowest BCUT2D eigenvalue weighted by atomic mass is 10.0. The highest BCUT2D eigenvalue weighted by atomic mass is 16.3. The minimum Gasteiger partial charge on any atom is -0.395 e. The quantitative estimate of drug-likeness (QED) is 0.879. The number of aliphatic hydroxyl groups is 1. The molecule has 1 aliphatic rings. The minimum atomic E-state index is -0.499. The van der Waals surface area contributed by atoms with E-state index in [-0.39, 0.29) is 12.5 Å². The average molecular weight is 353 g/mol. The monoisotopic (exact) mass is 353 g/mol. The molecule has 1 heterocycles. The van der Waals surface area contributed by atoms with E-state index in [4.69, 9.17) is 5.73 Å². The van der Waals surface area contributed by atoms with E-state index in [9.17, 15) is 14.7 Å². The van der Waals surface area contributed by atoms with Crippen molar-refractivity contribution in [2.45, 2.75) is 13.3 Å². The molecule has 2 amide bonds. The van der Waals surface area contributed by atoms with Crippen molar-refractivity contribution in [3.63, 3.8) is 0 Å². The van der Waals surface area contributed by atoms with Gasteiger partial charge in [0.05, 0.1) is 18.0 Å². The smallest absolute Gasteiger partial charge is 0.258 e. The zero-order valence-electron chi connectivity index (χ0n) is 14.8. The maximum absolute atomic E-state index is 13.2. The standard InChI is InChI=1S/C20H23N3O3/c1-14-13-15(7-8-16(14)19(21)25)20(26)23-10-4-9-22(11-12-24)17-5-2-3-6-18(17)23/h2-3,5-8,13,24H,4,9-12H2,1H3,(H2,21,25). The summed E-state index contributed by atoms with van der Waals surface area (Å²) < 4.78 is 0. The van der Waals surface area contributed by atoms with Crippen LogP contribution >= 0.6 is 0 Å². The number of hydrogen-bond acceptors (Lipinski definition) is 4. The molecule has 0 saturated carbocycles. The van der Waals surface area contributed by atoms with E-state index in [0.717, 1.165) is 24.3 Å². The fourth-order valence-corrected chi connectivity index (χ4v) is 3.41. The fourth-order valence-electron chi connectivity index (χ4n) is 3.41. The molecular weight excluding hydrogens is 330 g/mol. The number of rotatable bonds is 4. The average Bonchev–Trinajstić information content (AvgIpc) is 2.81. The van der Waals surface area contributed by atoms with Crippen molar-refractivity contribution < 1.29 is 14.7 Å². The summed E-state index contributed by atoms with van der Waals surface area (Å²) in [6.45, 7) is 3.74. The summed E-state index contributed by atoms with van der Waals surface area (Å²) in [4.78, 5) is 28.4. The summed E-state index contributed by atoms with van der Waals surface area (Å²) >= 11 is 0. The molecule has 2 aromatic rings. The van der Waals surface area contributed by atoms with Crippen molar-refractivity contribution >= 4 is 23.2 Å². The van der Waals surface area contributed by atoms with Crippen LogP contribution in [0.5, 0.6) is 0 Å². The topological polar surface area (TPSA) is 86.9 Å². The second kappa shape index (κ2) is 7.58. The van der Waals surface area contributed by atoms with E-state index >= 15 is 0 Å². The number of amides is 2. The van der Waals surface area contributed by atoms with E-state index in [0.29, 0.717) is 29.8 Å². The number of primary amides is 1. The molecule has 0 aromatic heterocycles. The normalized spacial score (nSPS) is 13.9. The molecule has 1 aliphatic heterocycles. The van der Waals surface area contributed by atoms with Gasteiger partial charge in [0.2, 0.25) is 5.91 Å². The largest absolute Gasteiger partial charge is 0.395 e. The molecule has 0 bridgehead atoms. The van der Waals surface area contributed by atoms with Crippen LogP contribution in [-0.2, 0) is 0 Å². The number of carbonyl (C=O) groups excluding carboxylic acids is 2. The van der Waals surface area contributed by atoms with Crippen LogP contribution in [-0.4, -0.2) is 43.2 Å². The molecule has 3 rings (SSSR count). The highest BCUT2D eigenvalue weighted by Crippen LogP contribution is 2.33. The van der Waals surface area contributed by atoms with Crippen molar-refractivity contribution in [3.05, 3.63) is 59.2 Å². The number of anilines is 2. The Morgan fingerprint density at radius 2 is 1.85 bits per heavy atom. The molecule has 3 N–H and O–H groups in total. The van der Waals surface area contributed by atoms with Gasteiger partial charge in [0.15, 0.2) is 0 Å². The van der Waals surface area contributed by atoms with Gasteiger partial charge in [0.25, 0.3) is 5.91 Å². The number of β-amino-alcohol motifs (C(OH)–C–C–N with tert-alkyl or cyclic N) is 1. The van der Waals surface area contributed by atoms with E-state index in [1.807, 2.05) is 24.3 Å². The molecule has 0 atom stereocenters. The molecule has 6 nitrogen and oxygen atoms in total. The summed E-state index contributed by atoms with van der Waals surface area (Å²) in [6, 6.07) is 12.7. The third kappa shape index (κ3) is 3.41. The fraction of sp³-hybridized carbons (Fsp3) is 0.300. The van der Waals surface area contributed by atoms with Gasteiger partial charge in [0.1, 0.15) is 0 Å². The van der Waals surface area contributed by atoms with E-state index in [1.54, 1.807) is 30.0 Å². The maximum Gasteiger partial charge on any atom is 0.258 e. The Bertz CT molecular complexity index is 835. The molecular formula is C20H23N3O3. The van der Waals surface area contributed by atoms with Crippen LogP contribution in [0.15, 0.2) is 42.5 Å². The second-order valence-electron chi connectivity index (χ2n) is 6.40. The van der Waals surface area contributed by atoms with Gasteiger partial charge in [-0.05, 0) is 49.2 Å². The van der Waals surface area contributed by atoms with Crippen molar-refractivity contribution in [2.24, 2.45) is 5.73 Å². The van der Waals surface area contributed by atoms with Crippen molar-refractivity contribution in [1.82, 2.24) is 0 Å². The van der Waals surface area contributed by atoms with Crippen LogP contribution in [0.25, 0.3) is 0 Å². The number of fused-ring (bicyclic) bond motifs is 1. The molecule has 0 unspecified atom stereocenters. The Hall–Kier alpha value is -2.86. The lowest BCUT2D eigenvalue weighted by molar-refractivity contribution is 0.0980. The van der Waals surface area contributed by atoms with Crippen LogP contribution < -0.4 is 15.5 Å². The lowest BCUT2D eigenvalue weighted by Crippen LogP contribution is -2.31. The van der Waals surface area contributed by atoms with E-state index in [1.165, 1.54) is 0 Å². The Kier molecular flexibility index (Phi) is 5.23. The van der Waals surface area contributed by atoms with Gasteiger partial charge in [-0.15, -0.1) is 0 Å². The summed E-state index contributed by atoms with van der Waals surface area (Å²) in [5.41, 5.74) is 8.76. The number of carbonyl (C=O) groups is 2. The van der Waals surface area contributed by atoms with Crippen molar-refractivity contribution in [1.29, 1.82) is 0 Å². The first-order chi connectivity index (χ1) is 12.5. The minimum absolute atomic E-state index is 0.0655. The Labute approximate surface area is 152 Å².